The Kier molecular flexibility index (Phi) is 8.95. The summed E-state index contributed by atoms with van der Waals surface area (Å²) >= 11 is 0. The maximum Gasteiger partial charge on any atom is 0.331 e. The number of allylic oxidation sites excluding steroid dienone is 2. The van der Waals surface area contributed by atoms with E-state index in [9.17, 15) is 15.0 Å². The molecule has 9 atom stereocenters. The molecular weight excluding hydrogens is 520 g/mol. The number of phenolic OH excluding ortho intramolecular Hbond substituents is 1. The Labute approximate surface area is 255 Å². The lowest BCUT2D eigenvalue weighted by Crippen LogP contribution is -2.50. The van der Waals surface area contributed by atoms with Crippen LogP contribution < -0.4 is 4.74 Å². The van der Waals surface area contributed by atoms with Crippen LogP contribution in [0.5, 0.6) is 11.5 Å². The van der Waals surface area contributed by atoms with Crippen molar-refractivity contribution in [2.75, 3.05) is 7.11 Å². The standard InChI is InChI=1S/C38H56O4/c1-23(2)24(3)8-9-25(4)31-13-14-32-29-12-11-28-22-27(16-18-37(28,5)33(29)17-19-38(31,32)6)30(36(40)41)20-26-10-15-34(39)35(21-26)42-7/h10-11,15,20-21,23-25,27,29,31-33,39H,8-9,12-14,16-19,22H2,1-7H3,(H,40,41)/t24?,25-,27?,29?,31-,32?,33?,37+,38-/m1/s1. The van der Waals surface area contributed by atoms with Gasteiger partial charge in [0, 0.05) is 5.57 Å². The SMILES string of the molecule is COc1cc(C=C(C(=O)O)C2CC[C@@]3(C)C(=CCC4C3CC[C@@]3(C)C4CC[C@@H]3[C@H](C)CCC(C)C(C)C)C2)ccc1O. The van der Waals surface area contributed by atoms with Crippen molar-refractivity contribution in [3.63, 3.8) is 0 Å². The fourth-order valence-electron chi connectivity index (χ4n) is 10.3. The number of aromatic hydroxyl groups is 1. The lowest BCUT2D eigenvalue weighted by molar-refractivity contribution is -0.133. The Morgan fingerprint density at radius 2 is 1.81 bits per heavy atom. The molecule has 0 bridgehead atoms. The number of hydrogen-bond donors (Lipinski definition) is 2. The molecule has 42 heavy (non-hydrogen) atoms. The second kappa shape index (κ2) is 12.0. The normalized spacial score (nSPS) is 36.0. The number of carboxylic acids is 1. The van der Waals surface area contributed by atoms with E-state index in [4.69, 9.17) is 4.74 Å². The summed E-state index contributed by atoms with van der Waals surface area (Å²) in [6.07, 6.45) is 16.6. The predicted octanol–water partition coefficient (Wildman–Crippen LogP) is 9.77. The second-order valence-corrected chi connectivity index (χ2v) is 15.5. The smallest absolute Gasteiger partial charge is 0.331 e. The summed E-state index contributed by atoms with van der Waals surface area (Å²) in [4.78, 5) is 12.5. The Bertz CT molecular complexity index is 1210. The van der Waals surface area contributed by atoms with E-state index in [0.29, 0.717) is 16.7 Å². The molecule has 4 heteroatoms. The van der Waals surface area contributed by atoms with Gasteiger partial charge in [-0.05, 0) is 133 Å². The summed E-state index contributed by atoms with van der Waals surface area (Å²) in [7, 11) is 1.51. The van der Waals surface area contributed by atoms with E-state index in [1.165, 1.54) is 57.6 Å². The number of phenols is 1. The van der Waals surface area contributed by atoms with Gasteiger partial charge in [-0.2, -0.15) is 0 Å². The number of methoxy groups -OCH3 is 1. The molecule has 0 saturated heterocycles. The van der Waals surface area contributed by atoms with Crippen molar-refractivity contribution in [3.8, 4) is 11.5 Å². The molecular formula is C38H56O4. The third-order valence-electron chi connectivity index (χ3n) is 13.3. The monoisotopic (exact) mass is 576 g/mol. The van der Waals surface area contributed by atoms with Gasteiger partial charge in [-0.3, -0.25) is 0 Å². The summed E-state index contributed by atoms with van der Waals surface area (Å²) < 4.78 is 5.26. The average molecular weight is 577 g/mol. The summed E-state index contributed by atoms with van der Waals surface area (Å²) in [6, 6.07) is 5.05. The van der Waals surface area contributed by atoms with Crippen molar-refractivity contribution in [2.45, 2.75) is 106 Å². The fraction of sp³-hybridized carbons (Fsp3) is 0.711. The van der Waals surface area contributed by atoms with Gasteiger partial charge in [0.1, 0.15) is 0 Å². The molecule has 4 aliphatic carbocycles. The number of ether oxygens (including phenoxy) is 1. The van der Waals surface area contributed by atoms with Gasteiger partial charge >= 0.3 is 5.97 Å². The van der Waals surface area contributed by atoms with Gasteiger partial charge in [-0.25, -0.2) is 4.79 Å². The molecule has 5 rings (SSSR count). The van der Waals surface area contributed by atoms with Crippen molar-refractivity contribution >= 4 is 12.0 Å². The van der Waals surface area contributed by atoms with Crippen LogP contribution in [0.15, 0.2) is 35.4 Å². The molecule has 3 saturated carbocycles. The Balaban J connectivity index is 1.32. The summed E-state index contributed by atoms with van der Waals surface area (Å²) in [5.74, 6) is 5.19. The third-order valence-corrected chi connectivity index (χ3v) is 13.3. The van der Waals surface area contributed by atoms with Crippen molar-refractivity contribution < 1.29 is 19.7 Å². The van der Waals surface area contributed by atoms with E-state index >= 15 is 0 Å². The van der Waals surface area contributed by atoms with E-state index < -0.39 is 5.97 Å². The molecule has 4 nitrogen and oxygen atoms in total. The molecule has 2 N–H and O–H groups in total. The average Bonchev–Trinajstić information content (AvgIpc) is 3.32. The maximum atomic E-state index is 12.5. The molecule has 5 unspecified atom stereocenters. The second-order valence-electron chi connectivity index (χ2n) is 15.5. The largest absolute Gasteiger partial charge is 0.504 e. The van der Waals surface area contributed by atoms with E-state index in [1.54, 1.807) is 24.3 Å². The molecule has 0 amide bonds. The number of benzene rings is 1. The van der Waals surface area contributed by atoms with E-state index in [2.05, 4.69) is 47.6 Å². The highest BCUT2D eigenvalue weighted by atomic mass is 16.5. The highest BCUT2D eigenvalue weighted by Crippen LogP contribution is 2.67. The zero-order valence-corrected chi connectivity index (χ0v) is 27.3. The lowest BCUT2D eigenvalue weighted by atomic mass is 9.46. The van der Waals surface area contributed by atoms with Gasteiger partial charge in [0.05, 0.1) is 7.11 Å². The number of carbonyl (C=O) groups is 1. The van der Waals surface area contributed by atoms with Crippen LogP contribution in [0.2, 0.25) is 0 Å². The van der Waals surface area contributed by atoms with Crippen LogP contribution in [0, 0.1) is 58.2 Å². The number of carboxylic acid groups (broad SMARTS) is 1. The van der Waals surface area contributed by atoms with E-state index in [0.717, 1.165) is 66.3 Å². The topological polar surface area (TPSA) is 66.8 Å². The van der Waals surface area contributed by atoms with Crippen molar-refractivity contribution in [3.05, 3.63) is 41.0 Å². The molecule has 0 aromatic heterocycles. The number of fused-ring (bicyclic) bond motifs is 5. The summed E-state index contributed by atoms with van der Waals surface area (Å²) in [5, 5.41) is 20.2. The van der Waals surface area contributed by atoms with Crippen LogP contribution in [0.3, 0.4) is 0 Å². The van der Waals surface area contributed by atoms with Gasteiger partial charge < -0.3 is 14.9 Å². The third kappa shape index (κ3) is 5.57. The molecule has 1 aromatic rings. The van der Waals surface area contributed by atoms with E-state index in [1.807, 2.05) is 0 Å². The van der Waals surface area contributed by atoms with Gasteiger partial charge in [-0.1, -0.05) is 72.1 Å². The zero-order chi connectivity index (χ0) is 30.4. The number of aliphatic carboxylic acids is 1. The molecule has 1 aromatic carbocycles. The van der Waals surface area contributed by atoms with Gasteiger partial charge in [0.2, 0.25) is 0 Å². The Hall–Kier alpha value is -2.23. The van der Waals surface area contributed by atoms with Gasteiger partial charge in [-0.15, -0.1) is 0 Å². The minimum absolute atomic E-state index is 0.0111. The van der Waals surface area contributed by atoms with Crippen molar-refractivity contribution in [1.82, 2.24) is 0 Å². The Morgan fingerprint density at radius 3 is 2.50 bits per heavy atom. The molecule has 0 radical (unpaired) electrons. The zero-order valence-electron chi connectivity index (χ0n) is 27.3. The molecule has 232 valence electrons. The Morgan fingerprint density at radius 1 is 1.05 bits per heavy atom. The molecule has 0 spiro atoms. The van der Waals surface area contributed by atoms with E-state index in [-0.39, 0.29) is 17.1 Å². The van der Waals surface area contributed by atoms with Gasteiger partial charge in [0.15, 0.2) is 11.5 Å². The van der Waals surface area contributed by atoms with Gasteiger partial charge in [0.25, 0.3) is 0 Å². The van der Waals surface area contributed by atoms with Crippen molar-refractivity contribution in [1.29, 1.82) is 0 Å². The van der Waals surface area contributed by atoms with Crippen LogP contribution in [-0.2, 0) is 4.79 Å². The number of rotatable bonds is 9. The van der Waals surface area contributed by atoms with Crippen LogP contribution in [0.4, 0.5) is 0 Å². The maximum absolute atomic E-state index is 12.5. The molecule has 0 heterocycles. The van der Waals surface area contributed by atoms with Crippen LogP contribution in [0.25, 0.3) is 6.08 Å². The van der Waals surface area contributed by atoms with Crippen LogP contribution in [0.1, 0.15) is 111 Å². The van der Waals surface area contributed by atoms with Crippen LogP contribution in [-0.4, -0.2) is 23.3 Å². The molecule has 3 fully saturated rings. The number of hydrogen-bond acceptors (Lipinski definition) is 3. The van der Waals surface area contributed by atoms with Crippen molar-refractivity contribution in [2.24, 2.45) is 58.2 Å². The quantitative estimate of drug-likeness (QED) is 0.227. The fourth-order valence-corrected chi connectivity index (χ4v) is 10.3. The first-order chi connectivity index (χ1) is 19.9. The molecule has 0 aliphatic heterocycles. The first-order valence-electron chi connectivity index (χ1n) is 16.9. The summed E-state index contributed by atoms with van der Waals surface area (Å²) in [6.45, 7) is 14.9. The minimum Gasteiger partial charge on any atom is -0.504 e. The lowest BCUT2D eigenvalue weighted by Gasteiger charge is -2.58. The highest BCUT2D eigenvalue weighted by Gasteiger charge is 2.59. The first-order valence-corrected chi connectivity index (χ1v) is 16.9. The summed E-state index contributed by atoms with van der Waals surface area (Å²) in [5.41, 5.74) is 3.42. The highest BCUT2D eigenvalue weighted by molar-refractivity contribution is 5.93. The molecule has 4 aliphatic rings. The van der Waals surface area contributed by atoms with Crippen LogP contribution >= 0.6 is 0 Å². The minimum atomic E-state index is -0.840. The predicted molar refractivity (Wildman–Crippen MR) is 171 cm³/mol. The first kappa shape index (κ1) is 31.2.